The summed E-state index contributed by atoms with van der Waals surface area (Å²) in [5, 5.41) is 9.07. The van der Waals surface area contributed by atoms with Gasteiger partial charge in [-0.1, -0.05) is 17.7 Å². The van der Waals surface area contributed by atoms with Gasteiger partial charge in [0.2, 0.25) is 0 Å². The van der Waals surface area contributed by atoms with Crippen LogP contribution in [0, 0.1) is 11.3 Å². The lowest BCUT2D eigenvalue weighted by Gasteiger charge is -2.09. The number of benzene rings is 2. The smallest absolute Gasteiger partial charge is 0.269 e. The quantitative estimate of drug-likeness (QED) is 0.588. The highest BCUT2D eigenvalue weighted by Crippen LogP contribution is 2.28. The van der Waals surface area contributed by atoms with Crippen molar-refractivity contribution in [2.75, 3.05) is 13.7 Å². The van der Waals surface area contributed by atoms with E-state index in [0.717, 1.165) is 0 Å². The Bertz CT molecular complexity index is 889. The van der Waals surface area contributed by atoms with Crippen molar-refractivity contribution in [1.82, 2.24) is 10.9 Å². The molecule has 0 atom stereocenters. The number of nitriles is 1. The van der Waals surface area contributed by atoms with E-state index >= 15 is 0 Å². The first-order valence-electron chi connectivity index (χ1n) is 7.75. The molecule has 0 aliphatic carbocycles. The van der Waals surface area contributed by atoms with E-state index in [-0.39, 0.29) is 6.61 Å². The van der Waals surface area contributed by atoms with Gasteiger partial charge in [-0.15, -0.1) is 0 Å². The summed E-state index contributed by atoms with van der Waals surface area (Å²) in [5.41, 5.74) is 5.62. The van der Waals surface area contributed by atoms with Gasteiger partial charge in [-0.25, -0.2) is 0 Å². The van der Waals surface area contributed by atoms with Gasteiger partial charge in [0, 0.05) is 16.7 Å². The predicted molar refractivity (Wildman–Crippen MR) is 100 cm³/mol. The van der Waals surface area contributed by atoms with Crippen LogP contribution >= 0.6 is 11.6 Å². The third-order valence-corrected chi connectivity index (χ3v) is 3.56. The number of nitrogens with one attached hydrogen (secondary N) is 2. The number of hydrogen-bond acceptors (Lipinski definition) is 5. The molecule has 0 fully saturated rings. The number of rotatable bonds is 6. The average molecular weight is 386 g/mol. The molecule has 0 saturated carbocycles. The molecule has 2 aromatic carbocycles. The molecule has 7 nitrogen and oxygen atoms in total. The summed E-state index contributed by atoms with van der Waals surface area (Å²) < 4.78 is 10.4. The van der Waals surface area contributed by atoms with Crippen molar-refractivity contribution >= 4 is 29.5 Å². The second kappa shape index (κ2) is 9.85. The van der Waals surface area contributed by atoms with E-state index in [4.69, 9.17) is 26.3 Å². The molecule has 8 heteroatoms. The van der Waals surface area contributed by atoms with Crippen LogP contribution < -0.4 is 20.3 Å². The van der Waals surface area contributed by atoms with Gasteiger partial charge in [0.05, 0.1) is 7.11 Å². The number of hydrazine groups is 1. The van der Waals surface area contributed by atoms with Crippen LogP contribution in [0.1, 0.15) is 15.9 Å². The van der Waals surface area contributed by atoms with Crippen LogP contribution in [0.4, 0.5) is 0 Å². The summed E-state index contributed by atoms with van der Waals surface area (Å²) in [5.74, 6) is -0.116. The molecule has 2 rings (SSSR count). The van der Waals surface area contributed by atoms with Gasteiger partial charge in [0.25, 0.3) is 11.8 Å². The highest BCUT2D eigenvalue weighted by atomic mass is 35.5. The summed E-state index contributed by atoms with van der Waals surface area (Å²) in [7, 11) is 1.47. The minimum atomic E-state index is -0.513. The maximum absolute atomic E-state index is 11.9. The van der Waals surface area contributed by atoms with Crippen LogP contribution in [0.2, 0.25) is 5.02 Å². The minimum Gasteiger partial charge on any atom is -0.493 e. The molecule has 0 unspecified atom stereocenters. The number of nitrogens with zero attached hydrogens (tertiary/aromatic N) is 1. The molecule has 0 radical (unpaired) electrons. The third-order valence-electron chi connectivity index (χ3n) is 3.31. The molecule has 0 saturated heterocycles. The van der Waals surface area contributed by atoms with E-state index in [1.54, 1.807) is 48.5 Å². The Kier molecular flexibility index (Phi) is 7.23. The van der Waals surface area contributed by atoms with Gasteiger partial charge >= 0.3 is 0 Å². The van der Waals surface area contributed by atoms with E-state index in [9.17, 15) is 9.59 Å². The van der Waals surface area contributed by atoms with E-state index in [1.807, 2.05) is 6.07 Å². The maximum atomic E-state index is 11.9. The van der Waals surface area contributed by atoms with Crippen LogP contribution in [0.15, 0.2) is 48.5 Å². The maximum Gasteiger partial charge on any atom is 0.269 e. The summed E-state index contributed by atoms with van der Waals surface area (Å²) >= 11 is 5.76. The standard InChI is InChI=1S/C19H16ClN3O4/c1-26-17-12-13(2-8-16(17)27-11-10-21)3-9-18(24)22-23-19(25)14-4-6-15(20)7-5-14/h2-9,12H,11H2,1H3,(H,22,24)(H,23,25)/b9-3+. The summed E-state index contributed by atoms with van der Waals surface area (Å²) in [6, 6.07) is 13.1. The first-order chi connectivity index (χ1) is 13.0. The summed E-state index contributed by atoms with van der Waals surface area (Å²) in [4.78, 5) is 23.7. The molecule has 27 heavy (non-hydrogen) atoms. The summed E-state index contributed by atoms with van der Waals surface area (Å²) in [6.07, 6.45) is 2.80. The van der Waals surface area contributed by atoms with Gasteiger partial charge in [0.15, 0.2) is 18.1 Å². The molecule has 2 N–H and O–H groups in total. The number of ether oxygens (including phenoxy) is 2. The molecular formula is C19H16ClN3O4. The Hall–Kier alpha value is -3.50. The molecule has 0 bridgehead atoms. The van der Waals surface area contributed by atoms with Crippen LogP contribution in [0.5, 0.6) is 11.5 Å². The van der Waals surface area contributed by atoms with Crippen LogP contribution in [-0.4, -0.2) is 25.5 Å². The fourth-order valence-electron chi connectivity index (χ4n) is 2.02. The number of carbonyl (C=O) groups is 2. The lowest BCUT2D eigenvalue weighted by molar-refractivity contribution is -0.117. The van der Waals surface area contributed by atoms with Gasteiger partial charge < -0.3 is 9.47 Å². The molecule has 0 aromatic heterocycles. The van der Waals surface area contributed by atoms with Crippen LogP contribution in [0.3, 0.4) is 0 Å². The fourth-order valence-corrected chi connectivity index (χ4v) is 2.15. The molecular weight excluding hydrogens is 370 g/mol. The van der Waals surface area contributed by atoms with Gasteiger partial charge in [-0.05, 0) is 48.0 Å². The zero-order valence-electron chi connectivity index (χ0n) is 14.4. The summed E-state index contributed by atoms with van der Waals surface area (Å²) in [6.45, 7) is -0.0960. The van der Waals surface area contributed by atoms with E-state index in [1.165, 1.54) is 13.2 Å². The van der Waals surface area contributed by atoms with Crippen molar-refractivity contribution in [3.63, 3.8) is 0 Å². The SMILES string of the molecule is COc1cc(/C=C/C(=O)NNC(=O)c2ccc(Cl)cc2)ccc1OCC#N. The van der Waals surface area contributed by atoms with E-state index in [2.05, 4.69) is 10.9 Å². The molecule has 0 aliphatic rings. The third kappa shape index (κ3) is 6.06. The fraction of sp³-hybridized carbons (Fsp3) is 0.105. The Morgan fingerprint density at radius 2 is 1.89 bits per heavy atom. The normalized spacial score (nSPS) is 10.1. The Balaban J connectivity index is 1.93. The first-order valence-corrected chi connectivity index (χ1v) is 8.13. The van der Waals surface area contributed by atoms with Gasteiger partial charge in [-0.2, -0.15) is 5.26 Å². The highest BCUT2D eigenvalue weighted by molar-refractivity contribution is 6.30. The minimum absolute atomic E-state index is 0.0960. The number of carbonyl (C=O) groups excluding carboxylic acids is 2. The predicted octanol–water partition coefficient (Wildman–Crippen LogP) is 2.73. The number of halogens is 1. The van der Waals surface area contributed by atoms with E-state index in [0.29, 0.717) is 27.6 Å². The second-order valence-electron chi connectivity index (χ2n) is 5.14. The largest absolute Gasteiger partial charge is 0.493 e. The molecule has 138 valence electrons. The number of methoxy groups -OCH3 is 1. The first kappa shape index (κ1) is 19.8. The monoisotopic (exact) mass is 385 g/mol. The van der Waals surface area contributed by atoms with Crippen molar-refractivity contribution in [1.29, 1.82) is 5.26 Å². The zero-order chi connectivity index (χ0) is 19.6. The average Bonchev–Trinajstić information content (AvgIpc) is 2.69. The zero-order valence-corrected chi connectivity index (χ0v) is 15.1. The Morgan fingerprint density at radius 1 is 1.15 bits per heavy atom. The molecule has 0 spiro atoms. The highest BCUT2D eigenvalue weighted by Gasteiger charge is 2.07. The molecule has 0 aliphatic heterocycles. The lowest BCUT2D eigenvalue weighted by Crippen LogP contribution is -2.40. The van der Waals surface area contributed by atoms with Gasteiger partial charge in [-0.3, -0.25) is 20.4 Å². The van der Waals surface area contributed by atoms with Crippen LogP contribution in [-0.2, 0) is 4.79 Å². The van der Waals surface area contributed by atoms with Crippen molar-refractivity contribution in [2.45, 2.75) is 0 Å². The van der Waals surface area contributed by atoms with Crippen molar-refractivity contribution in [3.8, 4) is 17.6 Å². The number of hydrogen-bond donors (Lipinski definition) is 2. The van der Waals surface area contributed by atoms with Crippen LogP contribution in [0.25, 0.3) is 6.08 Å². The second-order valence-corrected chi connectivity index (χ2v) is 5.58. The van der Waals surface area contributed by atoms with E-state index < -0.39 is 11.8 Å². The Labute approximate surface area is 161 Å². The Morgan fingerprint density at radius 3 is 2.56 bits per heavy atom. The van der Waals surface area contributed by atoms with Gasteiger partial charge in [0.1, 0.15) is 6.07 Å². The van der Waals surface area contributed by atoms with Crippen molar-refractivity contribution < 1.29 is 19.1 Å². The molecule has 2 amide bonds. The topological polar surface area (TPSA) is 100 Å². The van der Waals surface area contributed by atoms with Crippen molar-refractivity contribution in [3.05, 3.63) is 64.7 Å². The number of amides is 2. The molecule has 2 aromatic rings. The lowest BCUT2D eigenvalue weighted by atomic mass is 10.2. The van der Waals surface area contributed by atoms with Crippen molar-refractivity contribution in [2.24, 2.45) is 0 Å². The molecule has 0 heterocycles.